The molecule has 0 spiro atoms. The van der Waals surface area contributed by atoms with Gasteiger partial charge in [-0.25, -0.2) is 0 Å². The molecule has 0 saturated heterocycles. The Morgan fingerprint density at radius 1 is 0.262 bits per heavy atom. The van der Waals surface area contributed by atoms with Gasteiger partial charge in [0, 0.05) is 65.4 Å². The van der Waals surface area contributed by atoms with Crippen LogP contribution in [0.25, 0.3) is 0 Å². The molecule has 0 heterocycles. The smallest absolute Gasteiger partial charge is 0.320 e. The predicted molar refractivity (Wildman–Crippen MR) is 388 cm³/mol. The second-order valence-electron chi connectivity index (χ2n) is 34.7. The quantitative estimate of drug-likeness (QED) is 0.0616. The predicted octanol–water partition coefficient (Wildman–Crippen LogP) is 4.75. The number of nitrogens with one attached hydrogen (secondary N) is 2. The second kappa shape index (κ2) is 42.0. The van der Waals surface area contributed by atoms with E-state index in [0.717, 1.165) is 0 Å². The van der Waals surface area contributed by atoms with Crippen LogP contribution in [-0.2, 0) is 100 Å². The lowest BCUT2D eigenvalue weighted by Gasteiger charge is -2.36. The first-order valence-corrected chi connectivity index (χ1v) is 35.5. The Kier molecular flexibility index (Phi) is 39.4. The number of Topliss-reactive ketones (excluding diaryl/α,β-unsaturated/α-hetero) is 1. The molecule has 0 aromatic heterocycles. The van der Waals surface area contributed by atoms with Crippen molar-refractivity contribution in [2.45, 2.75) is 263 Å². The Morgan fingerprint density at radius 2 is 0.456 bits per heavy atom. The van der Waals surface area contributed by atoms with Gasteiger partial charge in [0.2, 0.25) is 11.8 Å². The summed E-state index contributed by atoms with van der Waals surface area (Å²) in [4.78, 5) is 177. The lowest BCUT2D eigenvalue weighted by Crippen LogP contribution is -2.58. The molecule has 596 valence electrons. The third kappa shape index (κ3) is 52.2. The summed E-state index contributed by atoms with van der Waals surface area (Å²) in [5.74, 6) is -8.20. The fourth-order valence-electron chi connectivity index (χ4n) is 9.80. The topological polar surface area (TPSA) is 335 Å². The number of hydrogen-bond acceptors (Lipinski definition) is 28. The summed E-state index contributed by atoms with van der Waals surface area (Å²) >= 11 is 0. The highest BCUT2D eigenvalue weighted by Gasteiger charge is 2.38. The number of rotatable bonds is 41. The largest absolute Gasteiger partial charge is 0.459 e. The van der Waals surface area contributed by atoms with Gasteiger partial charge in [-0.15, -0.1) is 0 Å². The van der Waals surface area contributed by atoms with Gasteiger partial charge in [0.15, 0.2) is 0 Å². The third-order valence-electron chi connectivity index (χ3n) is 13.0. The molecular formula is C73H133N9O21. The lowest BCUT2D eigenvalue weighted by atomic mass is 10.1. The number of hydrogen-bond donors (Lipinski definition) is 2. The minimum Gasteiger partial charge on any atom is -0.459 e. The summed E-state index contributed by atoms with van der Waals surface area (Å²) in [5.41, 5.74) is -8.48. The minimum absolute atomic E-state index is 0.0383. The van der Waals surface area contributed by atoms with Crippen LogP contribution < -0.4 is 10.6 Å². The molecule has 2 N–H and O–H groups in total. The summed E-state index contributed by atoms with van der Waals surface area (Å²) in [7, 11) is 0. The Balaban J connectivity index is 8.08. The first-order chi connectivity index (χ1) is 46.4. The Labute approximate surface area is 614 Å². The maximum Gasteiger partial charge on any atom is 0.320 e. The van der Waals surface area contributed by atoms with Crippen molar-refractivity contribution in [2.24, 2.45) is 0 Å². The molecule has 0 aliphatic heterocycles. The average molecular weight is 1470 g/mol. The van der Waals surface area contributed by atoms with Crippen molar-refractivity contribution in [3.8, 4) is 0 Å². The zero-order valence-corrected chi connectivity index (χ0v) is 68.2. The van der Waals surface area contributed by atoms with E-state index in [2.05, 4.69) is 10.6 Å². The fraction of sp³-hybridized carbons (Fsp3) is 0.836. The van der Waals surface area contributed by atoms with Gasteiger partial charge < -0.3 is 53.3 Å². The van der Waals surface area contributed by atoms with E-state index in [1.165, 1.54) is 26.5 Å². The number of carbonyl (C=O) groups excluding carboxylic acids is 12. The van der Waals surface area contributed by atoms with E-state index in [9.17, 15) is 47.9 Å². The Morgan fingerprint density at radius 3 is 0.670 bits per heavy atom. The van der Waals surface area contributed by atoms with Crippen LogP contribution in [0.2, 0.25) is 0 Å². The van der Waals surface area contributed by atoms with Gasteiger partial charge in [0.25, 0.3) is 0 Å². The monoisotopic (exact) mass is 1470 g/mol. The van der Waals surface area contributed by atoms with Crippen LogP contribution in [0.15, 0.2) is 0 Å². The third-order valence-corrected chi connectivity index (χ3v) is 13.0. The summed E-state index contributed by atoms with van der Waals surface area (Å²) in [6.45, 7) is 43.3. The molecule has 0 aliphatic carbocycles. The van der Waals surface area contributed by atoms with E-state index < -0.39 is 180 Å². The average Bonchev–Trinajstić information content (AvgIpc) is 0.845. The van der Waals surface area contributed by atoms with Crippen molar-refractivity contribution in [3.05, 3.63) is 0 Å². The SMILES string of the molecule is CCN(CCN(CC(=O)OC(C)(C)C)CC(C(=O)NCCN(CCNC(=O)C(CN(CCN(CC(=O)OC(C)(C)C)CC(=O)OC(C)(C)C)CC(=O)OC(C)(C)C)N(CC(=O)OC(C)(C)C)CC(=O)OC(C)(C)C)CC(C)=O)N(CC(=O)OC(C)(C)C)CC(=O)OC(C)(C)C)CC(=O)OC(C)(C)C. The van der Waals surface area contributed by atoms with Crippen LogP contribution in [0.5, 0.6) is 0 Å². The number of amides is 2. The van der Waals surface area contributed by atoms with Gasteiger partial charge in [0.05, 0.1) is 65.4 Å². The number of ether oxygens (including phenoxy) is 9. The van der Waals surface area contributed by atoms with Crippen molar-refractivity contribution < 1.29 is 100 Å². The van der Waals surface area contributed by atoms with E-state index in [4.69, 9.17) is 42.6 Å². The summed E-state index contributed by atoms with van der Waals surface area (Å²) in [6, 6.07) is -2.89. The number of nitrogens with zero attached hydrogens (tertiary/aromatic N) is 7. The van der Waals surface area contributed by atoms with Crippen molar-refractivity contribution in [1.82, 2.24) is 44.9 Å². The molecule has 0 aromatic carbocycles. The molecule has 0 rings (SSSR count). The van der Waals surface area contributed by atoms with Gasteiger partial charge in [-0.1, -0.05) is 6.92 Å². The molecule has 2 atom stereocenters. The van der Waals surface area contributed by atoms with Gasteiger partial charge in [0.1, 0.15) is 68.3 Å². The van der Waals surface area contributed by atoms with Gasteiger partial charge in [-0.3, -0.25) is 91.8 Å². The molecule has 0 aromatic rings. The van der Waals surface area contributed by atoms with Crippen LogP contribution >= 0.6 is 0 Å². The van der Waals surface area contributed by atoms with E-state index >= 15 is 9.59 Å². The van der Waals surface area contributed by atoms with Gasteiger partial charge >= 0.3 is 53.7 Å². The number of ketones is 1. The maximum absolute atomic E-state index is 15.2. The normalized spacial score (nSPS) is 13.6. The van der Waals surface area contributed by atoms with Crippen LogP contribution in [0.1, 0.15) is 201 Å². The molecule has 30 heteroatoms. The summed E-state index contributed by atoms with van der Waals surface area (Å²) in [5, 5.41) is 5.81. The zero-order valence-electron chi connectivity index (χ0n) is 68.2. The highest BCUT2D eigenvalue weighted by atomic mass is 16.6. The second-order valence-corrected chi connectivity index (χ2v) is 34.7. The van der Waals surface area contributed by atoms with E-state index in [1.807, 2.05) is 6.92 Å². The van der Waals surface area contributed by atoms with Crippen molar-refractivity contribution in [2.75, 3.05) is 137 Å². The highest BCUT2D eigenvalue weighted by Crippen LogP contribution is 2.19. The molecule has 2 unspecified atom stereocenters. The number of esters is 9. The Hall–Kier alpha value is -6.44. The van der Waals surface area contributed by atoms with E-state index in [1.54, 1.807) is 202 Å². The maximum atomic E-state index is 15.2. The van der Waals surface area contributed by atoms with Crippen LogP contribution in [0, 0.1) is 0 Å². The first-order valence-electron chi connectivity index (χ1n) is 35.5. The van der Waals surface area contributed by atoms with Crippen molar-refractivity contribution in [1.29, 1.82) is 0 Å². The van der Waals surface area contributed by atoms with Crippen molar-refractivity contribution in [3.63, 3.8) is 0 Å². The van der Waals surface area contributed by atoms with Gasteiger partial charge in [-0.05, 0) is 200 Å². The van der Waals surface area contributed by atoms with Crippen LogP contribution in [0.4, 0.5) is 0 Å². The molecule has 2 amide bonds. The Bertz CT molecular complexity index is 2680. The van der Waals surface area contributed by atoms with E-state index in [0.29, 0.717) is 6.54 Å². The van der Waals surface area contributed by atoms with Gasteiger partial charge in [-0.2, -0.15) is 0 Å². The van der Waals surface area contributed by atoms with Crippen LogP contribution in [0.3, 0.4) is 0 Å². The number of carbonyl (C=O) groups is 12. The minimum atomic E-state index is -1.49. The molecule has 0 fully saturated rings. The number of likely N-dealkylation sites (N-methyl/N-ethyl adjacent to an activating group) is 1. The summed E-state index contributed by atoms with van der Waals surface area (Å²) in [6.07, 6.45) is 0. The highest BCUT2D eigenvalue weighted by molar-refractivity contribution is 5.86. The van der Waals surface area contributed by atoms with E-state index in [-0.39, 0.29) is 84.3 Å². The lowest BCUT2D eigenvalue weighted by molar-refractivity contribution is -0.164. The van der Waals surface area contributed by atoms with Crippen LogP contribution in [-0.4, -0.2) is 306 Å². The molecule has 103 heavy (non-hydrogen) atoms. The van der Waals surface area contributed by atoms with Crippen molar-refractivity contribution >= 4 is 71.3 Å². The molecular weight excluding hydrogens is 1340 g/mol. The fourth-order valence-corrected chi connectivity index (χ4v) is 9.80. The summed E-state index contributed by atoms with van der Waals surface area (Å²) < 4.78 is 51.3. The zero-order chi connectivity index (χ0) is 80.3. The standard InChI is InChI=1S/C73H133N9O21/c1-30-76(42-54(84)95-65(3,4)5)35-36-78(43-55(85)96-66(6,7)8)40-52(81(47-59(89)100-70(18,19)20)48-60(90)101-71(21,22)23)63(93)74-31-33-77(39-51(2)83)34-32-75-64(94)53(82(49-61(91)102-72(24,25)26)50-62(92)103-73(27,28)29)41-79(44-56(86)97-67(9,10)11)37-38-80(45-57(87)98-68(12,13)14)46-58(88)99-69(15,16)17/h52-53H,30-50H2,1-29H3,(H,74,93)(H,75,94). The molecule has 0 bridgehead atoms. The molecule has 0 aliphatic rings. The first kappa shape index (κ1) is 96.6. The molecule has 30 nitrogen and oxygen atoms in total. The molecule has 0 radical (unpaired) electrons. The molecule has 0 saturated carbocycles.